The van der Waals surface area contributed by atoms with E-state index < -0.39 is 17.2 Å². The van der Waals surface area contributed by atoms with Gasteiger partial charge in [0.15, 0.2) is 0 Å². The van der Waals surface area contributed by atoms with Crippen molar-refractivity contribution in [1.82, 2.24) is 4.57 Å². The monoisotopic (exact) mass is 366 g/mol. The van der Waals surface area contributed by atoms with E-state index in [1.54, 1.807) is 10.6 Å². The predicted octanol–water partition coefficient (Wildman–Crippen LogP) is 3.49. The fraction of sp³-hybridized carbons (Fsp3) is 0.238. The van der Waals surface area contributed by atoms with Gasteiger partial charge >= 0.3 is 5.97 Å². The number of halogens is 1. The third-order valence-electron chi connectivity index (χ3n) is 5.02. The van der Waals surface area contributed by atoms with Gasteiger partial charge in [0.1, 0.15) is 11.4 Å². The highest BCUT2D eigenvalue weighted by Gasteiger charge is 2.21. The van der Waals surface area contributed by atoms with Crippen molar-refractivity contribution in [3.8, 4) is 0 Å². The Balaban J connectivity index is 1.95. The molecule has 1 saturated heterocycles. The largest absolute Gasteiger partial charge is 0.477 e. The van der Waals surface area contributed by atoms with E-state index in [0.717, 1.165) is 31.5 Å². The van der Waals surface area contributed by atoms with Gasteiger partial charge in [-0.05, 0) is 30.5 Å². The first-order chi connectivity index (χ1) is 13.0. The average molecular weight is 366 g/mol. The van der Waals surface area contributed by atoms with Crippen molar-refractivity contribution in [3.63, 3.8) is 0 Å². The Hall–Kier alpha value is -3.15. The van der Waals surface area contributed by atoms with Gasteiger partial charge in [-0.25, -0.2) is 9.18 Å². The number of carboxylic acid groups (broad SMARTS) is 1. The summed E-state index contributed by atoms with van der Waals surface area (Å²) in [6, 6.07) is 12.4. The molecule has 3 aromatic rings. The molecule has 1 N–H and O–H groups in total. The van der Waals surface area contributed by atoms with Gasteiger partial charge in [0.25, 0.3) is 0 Å². The predicted molar refractivity (Wildman–Crippen MR) is 102 cm³/mol. The minimum Gasteiger partial charge on any atom is -0.477 e. The van der Waals surface area contributed by atoms with E-state index >= 15 is 0 Å². The number of anilines is 1. The Labute approximate surface area is 155 Å². The molecule has 6 heteroatoms. The molecule has 138 valence electrons. The van der Waals surface area contributed by atoms with Gasteiger partial charge in [0, 0.05) is 31.2 Å². The Morgan fingerprint density at radius 2 is 1.81 bits per heavy atom. The van der Waals surface area contributed by atoms with Crippen molar-refractivity contribution in [2.75, 3.05) is 18.0 Å². The molecule has 1 aliphatic rings. The molecule has 4 rings (SSSR count). The maximum Gasteiger partial charge on any atom is 0.341 e. The van der Waals surface area contributed by atoms with Gasteiger partial charge in [-0.3, -0.25) is 4.79 Å². The van der Waals surface area contributed by atoms with E-state index in [1.165, 1.54) is 12.3 Å². The van der Waals surface area contributed by atoms with E-state index in [9.17, 15) is 19.1 Å². The summed E-state index contributed by atoms with van der Waals surface area (Å²) in [7, 11) is 0. The van der Waals surface area contributed by atoms with Gasteiger partial charge in [-0.15, -0.1) is 0 Å². The summed E-state index contributed by atoms with van der Waals surface area (Å²) in [6.07, 6.45) is 3.37. The number of rotatable bonds is 4. The summed E-state index contributed by atoms with van der Waals surface area (Å²) < 4.78 is 16.4. The number of hydrogen-bond acceptors (Lipinski definition) is 3. The number of benzene rings is 2. The van der Waals surface area contributed by atoms with E-state index in [0.29, 0.717) is 17.7 Å². The van der Waals surface area contributed by atoms with Gasteiger partial charge in [0.2, 0.25) is 5.43 Å². The lowest BCUT2D eigenvalue weighted by atomic mass is 10.1. The van der Waals surface area contributed by atoms with Crippen LogP contribution < -0.4 is 10.3 Å². The van der Waals surface area contributed by atoms with Gasteiger partial charge in [-0.2, -0.15) is 0 Å². The molecule has 1 aromatic heterocycles. The number of fused-ring (bicyclic) bond motifs is 1. The number of carboxylic acids is 1. The van der Waals surface area contributed by atoms with Gasteiger partial charge in [-0.1, -0.05) is 30.3 Å². The molecule has 2 heterocycles. The molecule has 1 aliphatic heterocycles. The molecule has 0 bridgehead atoms. The highest BCUT2D eigenvalue weighted by Crippen LogP contribution is 2.28. The lowest BCUT2D eigenvalue weighted by Gasteiger charge is -2.20. The highest BCUT2D eigenvalue weighted by molar-refractivity contribution is 5.93. The molecule has 27 heavy (non-hydrogen) atoms. The number of hydrogen-bond donors (Lipinski definition) is 1. The summed E-state index contributed by atoms with van der Waals surface area (Å²) in [5.41, 5.74) is 0.952. The molecular weight excluding hydrogens is 347 g/mol. The van der Waals surface area contributed by atoms with Gasteiger partial charge < -0.3 is 14.6 Å². The molecule has 0 aliphatic carbocycles. The number of nitrogens with zero attached hydrogens (tertiary/aromatic N) is 2. The Morgan fingerprint density at radius 3 is 2.48 bits per heavy atom. The third-order valence-corrected chi connectivity index (χ3v) is 5.02. The minimum absolute atomic E-state index is 0.0891. The second-order valence-electron chi connectivity index (χ2n) is 6.81. The van der Waals surface area contributed by atoms with Crippen LogP contribution in [0.2, 0.25) is 0 Å². The van der Waals surface area contributed by atoms with E-state index in [2.05, 4.69) is 0 Å². The maximum atomic E-state index is 14.7. The van der Waals surface area contributed by atoms with Crippen LogP contribution in [0.25, 0.3) is 10.9 Å². The van der Waals surface area contributed by atoms with Crippen LogP contribution in [0.1, 0.15) is 28.8 Å². The van der Waals surface area contributed by atoms with Crippen LogP contribution in [0, 0.1) is 5.82 Å². The average Bonchev–Trinajstić information content (AvgIpc) is 3.19. The summed E-state index contributed by atoms with van der Waals surface area (Å²) in [6.45, 7) is 1.94. The fourth-order valence-corrected chi connectivity index (χ4v) is 3.66. The summed E-state index contributed by atoms with van der Waals surface area (Å²) in [5.74, 6) is -1.80. The first-order valence-corrected chi connectivity index (χ1v) is 8.93. The Bertz CT molecular complexity index is 1070. The number of pyridine rings is 1. The van der Waals surface area contributed by atoms with E-state index in [-0.39, 0.29) is 10.9 Å². The summed E-state index contributed by atoms with van der Waals surface area (Å²) >= 11 is 0. The van der Waals surface area contributed by atoms with Crippen LogP contribution in [0.15, 0.2) is 53.5 Å². The van der Waals surface area contributed by atoms with Crippen LogP contribution in [-0.2, 0) is 6.54 Å². The normalized spacial score (nSPS) is 14.0. The first-order valence-electron chi connectivity index (χ1n) is 8.93. The molecule has 0 unspecified atom stereocenters. The van der Waals surface area contributed by atoms with Crippen molar-refractivity contribution in [2.24, 2.45) is 0 Å². The number of aromatic carboxylic acids is 1. The molecule has 1 fully saturated rings. The third kappa shape index (κ3) is 3.18. The molecule has 2 aromatic carbocycles. The van der Waals surface area contributed by atoms with E-state index in [1.807, 2.05) is 35.2 Å². The first kappa shape index (κ1) is 17.3. The SMILES string of the molecule is O=C(O)c1cn(Cc2ccccc2)c2cc(N3CCCC3)c(F)cc2c1=O. The number of aromatic nitrogens is 1. The lowest BCUT2D eigenvalue weighted by Crippen LogP contribution is -2.22. The summed E-state index contributed by atoms with van der Waals surface area (Å²) in [4.78, 5) is 26.1. The molecular formula is C21H19FN2O3. The second-order valence-corrected chi connectivity index (χ2v) is 6.81. The Morgan fingerprint density at radius 1 is 1.11 bits per heavy atom. The number of carbonyl (C=O) groups is 1. The van der Waals surface area contributed by atoms with Crippen LogP contribution >= 0.6 is 0 Å². The van der Waals surface area contributed by atoms with Gasteiger partial charge in [0.05, 0.1) is 11.2 Å². The highest BCUT2D eigenvalue weighted by atomic mass is 19.1. The van der Waals surface area contributed by atoms with Crippen molar-refractivity contribution in [2.45, 2.75) is 19.4 Å². The quantitative estimate of drug-likeness (QED) is 0.768. The van der Waals surface area contributed by atoms with Crippen molar-refractivity contribution < 1.29 is 14.3 Å². The van der Waals surface area contributed by atoms with E-state index in [4.69, 9.17) is 0 Å². The topological polar surface area (TPSA) is 62.5 Å². The molecule has 5 nitrogen and oxygen atoms in total. The minimum atomic E-state index is -1.31. The fourth-order valence-electron chi connectivity index (χ4n) is 3.66. The molecule has 0 radical (unpaired) electrons. The van der Waals surface area contributed by atoms with Crippen molar-refractivity contribution >= 4 is 22.6 Å². The molecule has 0 saturated carbocycles. The molecule has 0 spiro atoms. The second kappa shape index (κ2) is 6.87. The van der Waals surface area contributed by atoms with Crippen LogP contribution in [0.4, 0.5) is 10.1 Å². The zero-order valence-corrected chi connectivity index (χ0v) is 14.7. The van der Waals surface area contributed by atoms with Crippen molar-refractivity contribution in [1.29, 1.82) is 0 Å². The molecule has 0 atom stereocenters. The maximum absolute atomic E-state index is 14.7. The lowest BCUT2D eigenvalue weighted by molar-refractivity contribution is 0.0695. The van der Waals surface area contributed by atoms with Crippen LogP contribution in [0.5, 0.6) is 0 Å². The molecule has 0 amide bonds. The van der Waals surface area contributed by atoms with Crippen LogP contribution in [0.3, 0.4) is 0 Å². The smallest absolute Gasteiger partial charge is 0.341 e. The zero-order valence-electron chi connectivity index (χ0n) is 14.7. The van der Waals surface area contributed by atoms with Crippen molar-refractivity contribution in [3.05, 3.63) is 75.8 Å². The zero-order chi connectivity index (χ0) is 19.0. The summed E-state index contributed by atoms with van der Waals surface area (Å²) in [5, 5.41) is 9.49. The Kier molecular flexibility index (Phi) is 4.39. The van der Waals surface area contributed by atoms with Crippen LogP contribution in [-0.4, -0.2) is 28.7 Å². The standard InChI is InChI=1S/C21H19FN2O3/c22-17-10-15-18(11-19(17)23-8-4-5-9-23)24(12-14-6-2-1-3-7-14)13-16(20(15)25)21(26)27/h1-3,6-7,10-11,13H,4-5,8-9,12H2,(H,26,27).